The number of aryl methyl sites for hydroxylation is 2. The standard InChI is InChI=1S/C12H22N4O2.ClH/c1-3-7-13-8-9-14-11(17)5-4-6-12-15-10(2)16-18-12;/h13H,3-9H2,1-2H3,(H,14,17);1H. The van der Waals surface area contributed by atoms with Crippen LogP contribution in [0.15, 0.2) is 4.52 Å². The minimum Gasteiger partial charge on any atom is -0.355 e. The second-order valence-corrected chi connectivity index (χ2v) is 4.19. The third-order valence-electron chi connectivity index (χ3n) is 2.41. The van der Waals surface area contributed by atoms with Crippen LogP contribution in [0.5, 0.6) is 0 Å². The van der Waals surface area contributed by atoms with Gasteiger partial charge in [0, 0.05) is 25.9 Å². The number of amides is 1. The zero-order chi connectivity index (χ0) is 13.2. The van der Waals surface area contributed by atoms with Gasteiger partial charge in [0.2, 0.25) is 11.8 Å². The molecule has 0 aromatic carbocycles. The van der Waals surface area contributed by atoms with Gasteiger partial charge in [0.05, 0.1) is 0 Å². The van der Waals surface area contributed by atoms with Gasteiger partial charge in [-0.1, -0.05) is 12.1 Å². The molecule has 0 bridgehead atoms. The molecule has 0 unspecified atom stereocenters. The highest BCUT2D eigenvalue weighted by Gasteiger charge is 2.05. The first-order valence-corrected chi connectivity index (χ1v) is 6.49. The molecule has 0 aliphatic heterocycles. The summed E-state index contributed by atoms with van der Waals surface area (Å²) in [5, 5.41) is 9.79. The predicted octanol–water partition coefficient (Wildman–Crippen LogP) is 1.24. The Morgan fingerprint density at radius 1 is 1.32 bits per heavy atom. The van der Waals surface area contributed by atoms with E-state index < -0.39 is 0 Å². The van der Waals surface area contributed by atoms with Crippen molar-refractivity contribution < 1.29 is 9.32 Å². The highest BCUT2D eigenvalue weighted by molar-refractivity contribution is 5.85. The van der Waals surface area contributed by atoms with E-state index in [4.69, 9.17) is 4.52 Å². The molecule has 2 N–H and O–H groups in total. The molecule has 1 heterocycles. The molecule has 0 aliphatic carbocycles. The molecule has 0 atom stereocenters. The van der Waals surface area contributed by atoms with Crippen molar-refractivity contribution >= 4 is 18.3 Å². The summed E-state index contributed by atoms with van der Waals surface area (Å²) < 4.78 is 4.97. The van der Waals surface area contributed by atoms with Crippen LogP contribution in [-0.4, -0.2) is 35.7 Å². The predicted molar refractivity (Wildman–Crippen MR) is 75.4 cm³/mol. The Bertz CT molecular complexity index is 357. The first kappa shape index (κ1) is 17.9. The summed E-state index contributed by atoms with van der Waals surface area (Å²) in [5.74, 6) is 1.31. The number of hydrogen-bond donors (Lipinski definition) is 2. The molecule has 0 spiro atoms. The van der Waals surface area contributed by atoms with Gasteiger partial charge in [-0.25, -0.2) is 0 Å². The molecule has 19 heavy (non-hydrogen) atoms. The molecule has 0 aliphatic rings. The average Bonchev–Trinajstić information content (AvgIpc) is 2.75. The Kier molecular flexibility index (Phi) is 10.1. The summed E-state index contributed by atoms with van der Waals surface area (Å²) >= 11 is 0. The lowest BCUT2D eigenvalue weighted by atomic mass is 10.2. The Morgan fingerprint density at radius 2 is 2.11 bits per heavy atom. The van der Waals surface area contributed by atoms with E-state index in [0.29, 0.717) is 31.1 Å². The summed E-state index contributed by atoms with van der Waals surface area (Å²) in [6.45, 7) is 6.39. The van der Waals surface area contributed by atoms with Crippen molar-refractivity contribution in [1.29, 1.82) is 0 Å². The molecule has 0 radical (unpaired) electrons. The third kappa shape index (κ3) is 8.56. The summed E-state index contributed by atoms with van der Waals surface area (Å²) in [6, 6.07) is 0. The lowest BCUT2D eigenvalue weighted by Crippen LogP contribution is -2.31. The normalized spacial score (nSPS) is 10.0. The molecule has 1 aromatic rings. The van der Waals surface area contributed by atoms with Crippen molar-refractivity contribution in [2.24, 2.45) is 0 Å². The molecule has 1 aromatic heterocycles. The van der Waals surface area contributed by atoms with E-state index in [2.05, 4.69) is 27.7 Å². The zero-order valence-corrected chi connectivity index (χ0v) is 12.4. The smallest absolute Gasteiger partial charge is 0.226 e. The molecule has 0 saturated heterocycles. The number of nitrogens with zero attached hydrogens (tertiary/aromatic N) is 2. The van der Waals surface area contributed by atoms with Gasteiger partial charge in [0.1, 0.15) is 0 Å². The van der Waals surface area contributed by atoms with Crippen LogP contribution < -0.4 is 10.6 Å². The van der Waals surface area contributed by atoms with E-state index in [0.717, 1.165) is 25.9 Å². The molecule has 6 nitrogen and oxygen atoms in total. The molecular weight excluding hydrogens is 268 g/mol. The van der Waals surface area contributed by atoms with Gasteiger partial charge in [-0.2, -0.15) is 4.98 Å². The fraction of sp³-hybridized carbons (Fsp3) is 0.750. The summed E-state index contributed by atoms with van der Waals surface area (Å²) in [5.41, 5.74) is 0. The van der Waals surface area contributed by atoms with Crippen LogP contribution >= 0.6 is 12.4 Å². The monoisotopic (exact) mass is 290 g/mol. The Hall–Kier alpha value is -1.14. The van der Waals surface area contributed by atoms with Gasteiger partial charge in [0.15, 0.2) is 5.82 Å². The molecule has 0 fully saturated rings. The lowest BCUT2D eigenvalue weighted by Gasteiger charge is -2.05. The second-order valence-electron chi connectivity index (χ2n) is 4.19. The number of aromatic nitrogens is 2. The van der Waals surface area contributed by atoms with Crippen molar-refractivity contribution in [1.82, 2.24) is 20.8 Å². The maximum atomic E-state index is 11.5. The Balaban J connectivity index is 0.00000324. The molecule has 7 heteroatoms. The Labute approximate surface area is 120 Å². The molecule has 1 rings (SSSR count). The zero-order valence-electron chi connectivity index (χ0n) is 11.6. The molecule has 110 valence electrons. The van der Waals surface area contributed by atoms with Crippen molar-refractivity contribution in [3.8, 4) is 0 Å². The number of carbonyl (C=O) groups is 1. The van der Waals surface area contributed by atoms with Crippen LogP contribution in [0.1, 0.15) is 37.9 Å². The van der Waals surface area contributed by atoms with Gasteiger partial charge < -0.3 is 15.2 Å². The molecule has 1 amide bonds. The van der Waals surface area contributed by atoms with Gasteiger partial charge >= 0.3 is 0 Å². The largest absolute Gasteiger partial charge is 0.355 e. The maximum Gasteiger partial charge on any atom is 0.226 e. The average molecular weight is 291 g/mol. The van der Waals surface area contributed by atoms with E-state index >= 15 is 0 Å². The Morgan fingerprint density at radius 3 is 2.74 bits per heavy atom. The summed E-state index contributed by atoms with van der Waals surface area (Å²) in [4.78, 5) is 15.5. The number of nitrogens with one attached hydrogen (secondary N) is 2. The third-order valence-corrected chi connectivity index (χ3v) is 2.41. The van der Waals surface area contributed by atoms with Crippen LogP contribution in [0.25, 0.3) is 0 Å². The summed E-state index contributed by atoms with van der Waals surface area (Å²) in [6.07, 6.45) is 2.99. The number of halogens is 1. The van der Waals surface area contributed by atoms with E-state index in [9.17, 15) is 4.79 Å². The van der Waals surface area contributed by atoms with E-state index in [-0.39, 0.29) is 18.3 Å². The van der Waals surface area contributed by atoms with Gasteiger partial charge in [-0.3, -0.25) is 4.79 Å². The quantitative estimate of drug-likeness (QED) is 0.669. The highest BCUT2D eigenvalue weighted by atomic mass is 35.5. The lowest BCUT2D eigenvalue weighted by molar-refractivity contribution is -0.121. The van der Waals surface area contributed by atoms with Gasteiger partial charge in [-0.05, 0) is 26.3 Å². The van der Waals surface area contributed by atoms with Gasteiger partial charge in [-0.15, -0.1) is 12.4 Å². The topological polar surface area (TPSA) is 80.0 Å². The number of hydrogen-bond acceptors (Lipinski definition) is 5. The maximum absolute atomic E-state index is 11.5. The first-order valence-electron chi connectivity index (χ1n) is 6.49. The highest BCUT2D eigenvalue weighted by Crippen LogP contribution is 2.02. The first-order chi connectivity index (χ1) is 8.72. The van der Waals surface area contributed by atoms with Crippen LogP contribution in [-0.2, 0) is 11.2 Å². The number of carbonyl (C=O) groups excluding carboxylic acids is 1. The molecule has 0 saturated carbocycles. The van der Waals surface area contributed by atoms with E-state index in [1.54, 1.807) is 6.92 Å². The number of rotatable bonds is 9. The minimum atomic E-state index is 0. The fourth-order valence-electron chi connectivity index (χ4n) is 1.52. The van der Waals surface area contributed by atoms with Crippen LogP contribution in [0, 0.1) is 6.92 Å². The van der Waals surface area contributed by atoms with Crippen LogP contribution in [0.4, 0.5) is 0 Å². The van der Waals surface area contributed by atoms with E-state index in [1.807, 2.05) is 0 Å². The van der Waals surface area contributed by atoms with Crippen molar-refractivity contribution in [3.05, 3.63) is 11.7 Å². The van der Waals surface area contributed by atoms with Crippen LogP contribution in [0.2, 0.25) is 0 Å². The van der Waals surface area contributed by atoms with E-state index in [1.165, 1.54) is 0 Å². The van der Waals surface area contributed by atoms with Gasteiger partial charge in [0.25, 0.3) is 0 Å². The van der Waals surface area contributed by atoms with Crippen LogP contribution in [0.3, 0.4) is 0 Å². The van der Waals surface area contributed by atoms with Crippen molar-refractivity contribution in [2.45, 2.75) is 39.5 Å². The summed E-state index contributed by atoms with van der Waals surface area (Å²) in [7, 11) is 0. The van der Waals surface area contributed by atoms with Crippen molar-refractivity contribution in [2.75, 3.05) is 19.6 Å². The minimum absolute atomic E-state index is 0. The fourth-order valence-corrected chi connectivity index (χ4v) is 1.52. The SMILES string of the molecule is CCCNCCNC(=O)CCCc1nc(C)no1.Cl. The molecular formula is C12H23ClN4O2. The second kappa shape index (κ2) is 10.8. The van der Waals surface area contributed by atoms with Crippen molar-refractivity contribution in [3.63, 3.8) is 0 Å².